The summed E-state index contributed by atoms with van der Waals surface area (Å²) in [6.45, 7) is 3.39. The van der Waals surface area contributed by atoms with E-state index in [-0.39, 0.29) is 12.4 Å². The van der Waals surface area contributed by atoms with Crippen LogP contribution in [0, 0.1) is 13.8 Å². The van der Waals surface area contributed by atoms with Crippen molar-refractivity contribution in [2.24, 2.45) is 0 Å². The van der Waals surface area contributed by atoms with Crippen LogP contribution < -0.4 is 5.32 Å². The molecule has 0 radical (unpaired) electrons. The number of halogens is 1. The van der Waals surface area contributed by atoms with Crippen molar-refractivity contribution in [3.63, 3.8) is 0 Å². The largest absolute Gasteiger partial charge is 0.455 e. The molecule has 0 atom stereocenters. The van der Waals surface area contributed by atoms with Crippen LogP contribution in [0.2, 0.25) is 0 Å². The number of nitrogens with zero attached hydrogens (tertiary/aromatic N) is 2. The first-order chi connectivity index (χ1) is 11.4. The number of hydrogen-bond acceptors (Lipinski definition) is 6. The van der Waals surface area contributed by atoms with Crippen molar-refractivity contribution in [2.45, 2.75) is 19.0 Å². The number of rotatable bonds is 6. The van der Waals surface area contributed by atoms with Gasteiger partial charge in [0, 0.05) is 15.9 Å². The molecule has 0 saturated heterocycles. The fourth-order valence-corrected chi connectivity index (χ4v) is 2.95. The molecular formula is C16H16BrN3O3S. The second kappa shape index (κ2) is 8.79. The Hall–Kier alpha value is -1.93. The topological polar surface area (TPSA) is 81.2 Å². The molecule has 1 amide bonds. The van der Waals surface area contributed by atoms with Gasteiger partial charge in [-0.1, -0.05) is 23.9 Å². The molecule has 6 nitrogen and oxygen atoms in total. The Balaban J connectivity index is 1.76. The average Bonchev–Trinajstić information content (AvgIpc) is 2.52. The summed E-state index contributed by atoms with van der Waals surface area (Å²) in [6, 6.07) is 9.05. The van der Waals surface area contributed by atoms with Crippen LogP contribution in [0.15, 0.2) is 40.0 Å². The first-order valence-electron chi connectivity index (χ1n) is 7.09. The molecule has 1 heterocycles. The number of nitrogens with one attached hydrogen (secondary N) is 1. The van der Waals surface area contributed by atoms with E-state index in [1.807, 2.05) is 32.0 Å². The zero-order chi connectivity index (χ0) is 17.5. The van der Waals surface area contributed by atoms with E-state index >= 15 is 0 Å². The molecule has 1 aromatic heterocycles. The maximum Gasteiger partial charge on any atom is 0.316 e. The van der Waals surface area contributed by atoms with Crippen LogP contribution in [0.3, 0.4) is 0 Å². The third-order valence-corrected chi connectivity index (χ3v) is 4.31. The molecule has 8 heteroatoms. The minimum Gasteiger partial charge on any atom is -0.455 e. The van der Waals surface area contributed by atoms with E-state index in [0.717, 1.165) is 15.9 Å². The van der Waals surface area contributed by atoms with Gasteiger partial charge in [-0.05, 0) is 48.0 Å². The fraction of sp³-hybridized carbons (Fsp3) is 0.250. The molecule has 0 fully saturated rings. The third-order valence-electron chi connectivity index (χ3n) is 2.79. The molecule has 126 valence electrons. The van der Waals surface area contributed by atoms with Crippen LogP contribution in [0.5, 0.6) is 0 Å². The molecule has 0 spiro atoms. The summed E-state index contributed by atoms with van der Waals surface area (Å²) in [7, 11) is 0. The van der Waals surface area contributed by atoms with E-state index in [0.29, 0.717) is 10.8 Å². The molecule has 1 N–H and O–H groups in total. The van der Waals surface area contributed by atoms with E-state index in [9.17, 15) is 9.59 Å². The standard InChI is InChI=1S/C16H16BrN3O3S/c1-10-7-11(2)19-16(18-10)24-9-15(22)23-8-14(21)20-13-6-4-3-5-12(13)17/h3-7H,8-9H2,1-2H3,(H,20,21). The zero-order valence-electron chi connectivity index (χ0n) is 13.2. The third kappa shape index (κ3) is 5.93. The van der Waals surface area contributed by atoms with Crippen LogP contribution in [-0.2, 0) is 14.3 Å². The number of anilines is 1. The van der Waals surface area contributed by atoms with Crippen LogP contribution in [0.1, 0.15) is 11.4 Å². The highest BCUT2D eigenvalue weighted by Crippen LogP contribution is 2.21. The van der Waals surface area contributed by atoms with Gasteiger partial charge in [-0.25, -0.2) is 9.97 Å². The normalized spacial score (nSPS) is 10.3. The van der Waals surface area contributed by atoms with Crippen LogP contribution in [0.4, 0.5) is 5.69 Å². The van der Waals surface area contributed by atoms with Gasteiger partial charge in [0.05, 0.1) is 11.4 Å². The van der Waals surface area contributed by atoms with E-state index in [1.54, 1.807) is 12.1 Å². The quantitative estimate of drug-likeness (QED) is 0.448. The molecule has 0 aliphatic carbocycles. The maximum absolute atomic E-state index is 11.8. The summed E-state index contributed by atoms with van der Waals surface area (Å²) in [6.07, 6.45) is 0. The van der Waals surface area contributed by atoms with Crippen LogP contribution >= 0.6 is 27.7 Å². The van der Waals surface area contributed by atoms with Crippen molar-refractivity contribution in [1.82, 2.24) is 9.97 Å². The lowest BCUT2D eigenvalue weighted by Gasteiger charge is -2.08. The van der Waals surface area contributed by atoms with Crippen molar-refractivity contribution in [3.8, 4) is 0 Å². The SMILES string of the molecule is Cc1cc(C)nc(SCC(=O)OCC(=O)Nc2ccccc2Br)n1. The minimum absolute atomic E-state index is 0.0468. The Morgan fingerprint density at radius 2 is 1.88 bits per heavy atom. The van der Waals surface area contributed by atoms with Gasteiger partial charge in [-0.15, -0.1) is 0 Å². The van der Waals surface area contributed by atoms with Gasteiger partial charge in [-0.3, -0.25) is 9.59 Å². The van der Waals surface area contributed by atoms with Gasteiger partial charge in [0.1, 0.15) is 0 Å². The molecule has 2 aromatic rings. The molecule has 1 aromatic carbocycles. The Morgan fingerprint density at radius 3 is 2.54 bits per heavy atom. The molecule has 24 heavy (non-hydrogen) atoms. The van der Waals surface area contributed by atoms with Crippen molar-refractivity contribution in [3.05, 3.63) is 46.2 Å². The highest BCUT2D eigenvalue weighted by molar-refractivity contribution is 9.10. The van der Waals surface area contributed by atoms with Gasteiger partial charge in [0.2, 0.25) is 0 Å². The smallest absolute Gasteiger partial charge is 0.316 e. The summed E-state index contributed by atoms with van der Waals surface area (Å²) in [5, 5.41) is 3.18. The van der Waals surface area contributed by atoms with Gasteiger partial charge in [0.25, 0.3) is 5.91 Å². The number of para-hydroxylation sites is 1. The number of hydrogen-bond donors (Lipinski definition) is 1. The number of benzene rings is 1. The second-order valence-electron chi connectivity index (χ2n) is 4.91. The van der Waals surface area contributed by atoms with E-state index < -0.39 is 11.9 Å². The Kier molecular flexibility index (Phi) is 6.74. The maximum atomic E-state index is 11.8. The van der Waals surface area contributed by atoms with Gasteiger partial charge in [0.15, 0.2) is 11.8 Å². The second-order valence-corrected chi connectivity index (χ2v) is 6.71. The van der Waals surface area contributed by atoms with Gasteiger partial charge in [-0.2, -0.15) is 0 Å². The lowest BCUT2D eigenvalue weighted by molar-refractivity contribution is -0.144. The molecular weight excluding hydrogens is 394 g/mol. The van der Waals surface area contributed by atoms with E-state index in [1.165, 1.54) is 11.8 Å². The molecule has 0 aliphatic rings. The Morgan fingerprint density at radius 1 is 1.21 bits per heavy atom. The van der Waals surface area contributed by atoms with Gasteiger partial charge < -0.3 is 10.1 Å². The van der Waals surface area contributed by atoms with Crippen molar-refractivity contribution in [1.29, 1.82) is 0 Å². The zero-order valence-corrected chi connectivity index (χ0v) is 15.6. The summed E-state index contributed by atoms with van der Waals surface area (Å²) < 4.78 is 5.71. The highest BCUT2D eigenvalue weighted by atomic mass is 79.9. The van der Waals surface area contributed by atoms with Crippen molar-refractivity contribution < 1.29 is 14.3 Å². The lowest BCUT2D eigenvalue weighted by atomic mass is 10.3. The summed E-state index contributed by atoms with van der Waals surface area (Å²) in [4.78, 5) is 32.0. The van der Waals surface area contributed by atoms with E-state index in [2.05, 4.69) is 31.2 Å². The molecule has 0 bridgehead atoms. The number of carbonyl (C=O) groups excluding carboxylic acids is 2. The van der Waals surface area contributed by atoms with E-state index in [4.69, 9.17) is 4.74 Å². The Labute approximate surface area is 152 Å². The van der Waals surface area contributed by atoms with Gasteiger partial charge >= 0.3 is 5.97 Å². The predicted octanol–water partition coefficient (Wildman–Crippen LogP) is 3.13. The number of aromatic nitrogens is 2. The average molecular weight is 410 g/mol. The number of carbonyl (C=O) groups is 2. The van der Waals surface area contributed by atoms with Crippen molar-refractivity contribution in [2.75, 3.05) is 17.7 Å². The highest BCUT2D eigenvalue weighted by Gasteiger charge is 2.11. The lowest BCUT2D eigenvalue weighted by Crippen LogP contribution is -2.21. The molecule has 0 aliphatic heterocycles. The Bertz CT molecular complexity index is 735. The van der Waals surface area contributed by atoms with Crippen molar-refractivity contribution >= 4 is 45.3 Å². The predicted molar refractivity (Wildman–Crippen MR) is 96.0 cm³/mol. The number of amides is 1. The molecule has 0 unspecified atom stereocenters. The minimum atomic E-state index is -0.495. The first kappa shape index (κ1) is 18.4. The fourth-order valence-electron chi connectivity index (χ4n) is 1.82. The monoisotopic (exact) mass is 409 g/mol. The molecule has 0 saturated carbocycles. The first-order valence-corrected chi connectivity index (χ1v) is 8.87. The summed E-state index contributed by atoms with van der Waals surface area (Å²) in [5.74, 6) is -0.849. The number of ether oxygens (including phenoxy) is 1. The number of thioether (sulfide) groups is 1. The number of aryl methyl sites for hydroxylation is 2. The number of esters is 1. The summed E-state index contributed by atoms with van der Waals surface area (Å²) in [5.41, 5.74) is 2.30. The molecule has 2 rings (SSSR count). The van der Waals surface area contributed by atoms with Crippen LogP contribution in [0.25, 0.3) is 0 Å². The summed E-state index contributed by atoms with van der Waals surface area (Å²) >= 11 is 4.51. The van der Waals surface area contributed by atoms with Crippen LogP contribution in [-0.4, -0.2) is 34.2 Å².